The Balaban J connectivity index is 1.01. The van der Waals surface area contributed by atoms with E-state index in [0.717, 1.165) is 39.6 Å². The van der Waals surface area contributed by atoms with Crippen molar-refractivity contribution < 1.29 is 0 Å². The van der Waals surface area contributed by atoms with Crippen molar-refractivity contribution >= 4 is 82.5 Å². The number of benzene rings is 10. The van der Waals surface area contributed by atoms with E-state index in [-0.39, 0.29) is 0 Å². The first-order valence-corrected chi connectivity index (χ1v) is 22.3. The molecule has 3 aromatic heterocycles. The molecule has 0 amide bonds. The first kappa shape index (κ1) is 37.0. The summed E-state index contributed by atoms with van der Waals surface area (Å²) in [5.74, 6) is 0. The van der Waals surface area contributed by atoms with Gasteiger partial charge in [-0.05, 0) is 127 Å². The maximum atomic E-state index is 2.42. The number of fused-ring (bicyclic) bond motifs is 9. The van der Waals surface area contributed by atoms with E-state index >= 15 is 0 Å². The van der Waals surface area contributed by atoms with E-state index in [2.05, 4.69) is 262 Å². The summed E-state index contributed by atoms with van der Waals surface area (Å²) >= 11 is 0. The zero-order valence-electron chi connectivity index (χ0n) is 35.8. The highest BCUT2D eigenvalue weighted by atomic mass is 15.1. The fourth-order valence-electron chi connectivity index (χ4n) is 10.3. The zero-order chi connectivity index (χ0) is 43.0. The minimum Gasteiger partial charge on any atom is -0.310 e. The molecule has 65 heavy (non-hydrogen) atoms. The van der Waals surface area contributed by atoms with E-state index in [1.165, 1.54) is 76.6 Å². The molecule has 0 radical (unpaired) electrons. The summed E-state index contributed by atoms with van der Waals surface area (Å²) in [6.07, 6.45) is 0. The Morgan fingerprint density at radius 2 is 0.646 bits per heavy atom. The van der Waals surface area contributed by atoms with E-state index in [9.17, 15) is 0 Å². The minimum atomic E-state index is 1.08. The molecule has 0 spiro atoms. The highest BCUT2D eigenvalue weighted by Crippen LogP contribution is 2.43. The lowest BCUT2D eigenvalue weighted by atomic mass is 10.0. The number of anilines is 3. The van der Waals surface area contributed by atoms with Crippen molar-refractivity contribution in [2.75, 3.05) is 4.90 Å². The lowest BCUT2D eigenvalue weighted by Crippen LogP contribution is -2.10. The highest BCUT2D eigenvalue weighted by Gasteiger charge is 2.21. The number of rotatable bonds is 7. The van der Waals surface area contributed by atoms with Gasteiger partial charge in [0.2, 0.25) is 0 Å². The second-order valence-corrected chi connectivity index (χ2v) is 17.1. The molecule has 3 heterocycles. The molecule has 0 N–H and O–H groups in total. The Hall–Kier alpha value is -8.60. The van der Waals surface area contributed by atoms with E-state index in [0.29, 0.717) is 0 Å². The number of para-hydroxylation sites is 5. The van der Waals surface area contributed by atoms with Gasteiger partial charge in [0.05, 0.1) is 33.1 Å². The van der Waals surface area contributed by atoms with Crippen LogP contribution in [0.4, 0.5) is 17.1 Å². The Morgan fingerprint density at radius 3 is 1.20 bits per heavy atom. The zero-order valence-corrected chi connectivity index (χ0v) is 35.8. The van der Waals surface area contributed by atoms with Crippen LogP contribution in [0, 0.1) is 6.92 Å². The number of hydrogen-bond acceptors (Lipinski definition) is 1. The van der Waals surface area contributed by atoms with Gasteiger partial charge in [0.25, 0.3) is 0 Å². The van der Waals surface area contributed by atoms with Crippen LogP contribution in [0.15, 0.2) is 237 Å². The maximum absolute atomic E-state index is 2.42. The van der Waals surface area contributed by atoms with Gasteiger partial charge >= 0.3 is 0 Å². The van der Waals surface area contributed by atoms with Crippen molar-refractivity contribution in [2.24, 2.45) is 0 Å². The Labute approximate surface area is 376 Å². The predicted molar refractivity (Wildman–Crippen MR) is 274 cm³/mol. The lowest BCUT2D eigenvalue weighted by Gasteiger charge is -2.26. The topological polar surface area (TPSA) is 18.0 Å². The van der Waals surface area contributed by atoms with Crippen LogP contribution in [0.3, 0.4) is 0 Å². The van der Waals surface area contributed by atoms with Gasteiger partial charge in [-0.3, -0.25) is 0 Å². The fraction of sp³-hybridized carbons (Fsp3) is 0.0164. The quantitative estimate of drug-likeness (QED) is 0.156. The molecule has 13 aromatic rings. The van der Waals surface area contributed by atoms with Gasteiger partial charge in [-0.2, -0.15) is 0 Å². The third kappa shape index (κ3) is 5.92. The molecule has 306 valence electrons. The molecule has 0 atom stereocenters. The van der Waals surface area contributed by atoms with Gasteiger partial charge in [-0.15, -0.1) is 0 Å². The standard InChI is InChI=1S/C61H42N4/c1-41-25-33-52-54-35-32-49(40-61(54)65(59(52)37-41)46-19-9-4-10-20-46)62(48-31-34-53-50-21-11-13-23-56(50)64(60(53)39-48)45-17-7-3-8-18-45)47-29-26-42(27-30-47)43-28-36-58-55(38-43)51-22-12-14-24-57(51)63(58)44-15-5-2-6-16-44/h2-40H,1H3. The summed E-state index contributed by atoms with van der Waals surface area (Å²) in [7, 11) is 0. The van der Waals surface area contributed by atoms with E-state index in [4.69, 9.17) is 0 Å². The van der Waals surface area contributed by atoms with Crippen LogP contribution < -0.4 is 4.90 Å². The molecule has 13 rings (SSSR count). The first-order valence-electron chi connectivity index (χ1n) is 22.3. The number of aryl methyl sites for hydroxylation is 1. The van der Waals surface area contributed by atoms with Crippen molar-refractivity contribution in [2.45, 2.75) is 6.92 Å². The van der Waals surface area contributed by atoms with Crippen molar-refractivity contribution in [1.82, 2.24) is 13.7 Å². The van der Waals surface area contributed by atoms with Gasteiger partial charge in [0.15, 0.2) is 0 Å². The lowest BCUT2D eigenvalue weighted by molar-refractivity contribution is 1.17. The van der Waals surface area contributed by atoms with Crippen molar-refractivity contribution in [3.63, 3.8) is 0 Å². The van der Waals surface area contributed by atoms with Crippen molar-refractivity contribution in [1.29, 1.82) is 0 Å². The molecule has 0 saturated heterocycles. The van der Waals surface area contributed by atoms with Gasteiger partial charge in [0.1, 0.15) is 0 Å². The fourth-order valence-corrected chi connectivity index (χ4v) is 10.3. The largest absolute Gasteiger partial charge is 0.310 e. The number of nitrogens with zero attached hydrogens (tertiary/aromatic N) is 4. The predicted octanol–water partition coefficient (Wildman–Crippen LogP) is 16.4. The summed E-state index contributed by atoms with van der Waals surface area (Å²) in [6, 6.07) is 86.4. The summed E-state index contributed by atoms with van der Waals surface area (Å²) < 4.78 is 7.20. The van der Waals surface area contributed by atoms with Gasteiger partial charge in [-0.1, -0.05) is 133 Å². The van der Waals surface area contributed by atoms with E-state index < -0.39 is 0 Å². The average Bonchev–Trinajstić information content (AvgIpc) is 3.99. The van der Waals surface area contributed by atoms with Crippen molar-refractivity contribution in [3.8, 4) is 28.2 Å². The molecule has 4 heteroatoms. The second kappa shape index (κ2) is 14.8. The molecular weight excluding hydrogens is 789 g/mol. The van der Waals surface area contributed by atoms with Crippen molar-refractivity contribution in [3.05, 3.63) is 242 Å². The summed E-state index contributed by atoms with van der Waals surface area (Å²) in [5.41, 5.74) is 17.4. The number of aromatic nitrogens is 3. The highest BCUT2D eigenvalue weighted by molar-refractivity contribution is 6.13. The Morgan fingerprint density at radius 1 is 0.262 bits per heavy atom. The van der Waals surface area contributed by atoms with Crippen LogP contribution in [0.1, 0.15) is 5.56 Å². The summed E-state index contributed by atoms with van der Waals surface area (Å²) in [6.45, 7) is 2.18. The first-order chi connectivity index (χ1) is 32.2. The Kier molecular flexibility index (Phi) is 8.40. The van der Waals surface area contributed by atoms with Crippen LogP contribution in [0.25, 0.3) is 93.6 Å². The smallest absolute Gasteiger partial charge is 0.0561 e. The van der Waals surface area contributed by atoms with Gasteiger partial charge in [-0.25, -0.2) is 0 Å². The van der Waals surface area contributed by atoms with E-state index in [1.807, 2.05) is 0 Å². The SMILES string of the molecule is Cc1ccc2c3ccc(N(c4ccc(-c5ccc6c(c5)c5ccccc5n6-c5ccccc5)cc4)c4ccc5c6ccccc6n(-c6ccccc6)c5c4)cc3n(-c3ccccc3)c2c1. The summed E-state index contributed by atoms with van der Waals surface area (Å²) in [4.78, 5) is 2.42. The van der Waals surface area contributed by atoms with E-state index in [1.54, 1.807) is 0 Å². The molecule has 0 aliphatic heterocycles. The Bertz CT molecular complexity index is 3930. The molecule has 10 aromatic carbocycles. The number of hydrogen-bond donors (Lipinski definition) is 0. The van der Waals surface area contributed by atoms with Crippen LogP contribution in [-0.2, 0) is 0 Å². The maximum Gasteiger partial charge on any atom is 0.0561 e. The van der Waals surface area contributed by atoms with Crippen LogP contribution in [0.2, 0.25) is 0 Å². The summed E-state index contributed by atoms with van der Waals surface area (Å²) in [5, 5.41) is 7.43. The molecule has 0 aliphatic carbocycles. The molecule has 0 saturated carbocycles. The molecule has 4 nitrogen and oxygen atoms in total. The average molecular weight is 831 g/mol. The third-order valence-electron chi connectivity index (χ3n) is 13.3. The van der Waals surface area contributed by atoms with Gasteiger partial charge in [0, 0.05) is 66.4 Å². The van der Waals surface area contributed by atoms with Gasteiger partial charge < -0.3 is 18.6 Å². The minimum absolute atomic E-state index is 1.08. The second-order valence-electron chi connectivity index (χ2n) is 17.1. The molecular formula is C61H42N4. The third-order valence-corrected chi connectivity index (χ3v) is 13.3. The van der Waals surface area contributed by atoms with Crippen LogP contribution >= 0.6 is 0 Å². The molecule has 0 bridgehead atoms. The normalized spacial score (nSPS) is 11.8. The molecule has 0 unspecified atom stereocenters. The van der Waals surface area contributed by atoms with Crippen LogP contribution in [0.5, 0.6) is 0 Å². The molecule has 0 aliphatic rings. The van der Waals surface area contributed by atoms with Crippen LogP contribution in [-0.4, -0.2) is 13.7 Å². The monoisotopic (exact) mass is 830 g/mol. The molecule has 0 fully saturated rings.